The largest absolute Gasteiger partial charge is 0.496 e. The number of carboxylic acids is 2. The molecule has 5 rings (SSSR count). The Labute approximate surface area is 274 Å². The molecule has 0 saturated carbocycles. The molecule has 0 aromatic heterocycles. The predicted molar refractivity (Wildman–Crippen MR) is 158 cm³/mol. The first-order valence-electron chi connectivity index (χ1n) is 14.2. The van der Waals surface area contributed by atoms with Crippen LogP contribution >= 0.6 is 0 Å². The number of fused-ring (bicyclic) bond motifs is 1. The quantitative estimate of drug-likeness (QED) is 0.252. The number of carbonyl (C=O) groups is 3. The third-order valence-electron chi connectivity index (χ3n) is 6.80. The zero-order valence-electron chi connectivity index (χ0n) is 25.6. The molecule has 49 heavy (non-hydrogen) atoms. The van der Waals surface area contributed by atoms with Gasteiger partial charge in [0.2, 0.25) is 6.79 Å². The topological polar surface area (TPSA) is 147 Å². The first-order valence-corrected chi connectivity index (χ1v) is 14.2. The summed E-state index contributed by atoms with van der Waals surface area (Å²) < 4.78 is 94.5. The van der Waals surface area contributed by atoms with E-state index in [0.29, 0.717) is 22.6 Å². The number of aliphatic carboxylic acids is 2. The Morgan fingerprint density at radius 2 is 1.49 bits per heavy atom. The summed E-state index contributed by atoms with van der Waals surface area (Å²) in [5.74, 6) is -4.09. The highest BCUT2D eigenvalue weighted by Gasteiger charge is 2.38. The van der Waals surface area contributed by atoms with E-state index in [4.69, 9.17) is 34.0 Å². The molecule has 1 fully saturated rings. The van der Waals surface area contributed by atoms with Crippen LogP contribution < -0.4 is 24.8 Å². The Hall–Kier alpha value is -5.10. The average Bonchev–Trinajstić information content (AvgIpc) is 3.53. The third kappa shape index (κ3) is 11.5. The number of hydrogen-bond donors (Lipinski definition) is 4. The molecule has 1 saturated heterocycles. The molecular formula is C31H30F7N3O8. The minimum absolute atomic E-state index is 0.154. The third-order valence-corrected chi connectivity index (χ3v) is 6.80. The normalized spacial score (nSPS) is 14.0. The predicted octanol–water partition coefficient (Wildman–Crippen LogP) is 4.83. The van der Waals surface area contributed by atoms with E-state index in [0.717, 1.165) is 55.2 Å². The lowest BCUT2D eigenvalue weighted by Gasteiger charge is -2.28. The number of halogens is 7. The van der Waals surface area contributed by atoms with Crippen LogP contribution in [0.3, 0.4) is 0 Å². The number of nitrogens with zero attached hydrogens (tertiary/aromatic N) is 1. The average molecular weight is 706 g/mol. The molecule has 2 aliphatic rings. The smallest absolute Gasteiger partial charge is 0.490 e. The van der Waals surface area contributed by atoms with E-state index in [1.165, 1.54) is 6.07 Å². The van der Waals surface area contributed by atoms with Gasteiger partial charge in [-0.05, 0) is 53.6 Å². The van der Waals surface area contributed by atoms with Crippen LogP contribution in [0.1, 0.15) is 21.5 Å². The van der Waals surface area contributed by atoms with Crippen molar-refractivity contribution in [2.75, 3.05) is 40.1 Å². The Balaban J connectivity index is 0.000000392. The number of benzene rings is 3. The number of rotatable bonds is 7. The first-order chi connectivity index (χ1) is 23.0. The Morgan fingerprint density at radius 3 is 2.08 bits per heavy atom. The zero-order valence-corrected chi connectivity index (χ0v) is 25.6. The van der Waals surface area contributed by atoms with E-state index in [1.807, 2.05) is 18.2 Å². The van der Waals surface area contributed by atoms with Gasteiger partial charge in [0.05, 0.1) is 7.11 Å². The van der Waals surface area contributed by atoms with Crippen molar-refractivity contribution in [3.63, 3.8) is 0 Å². The fourth-order valence-corrected chi connectivity index (χ4v) is 4.41. The molecule has 0 atom stereocenters. The summed E-state index contributed by atoms with van der Waals surface area (Å²) in [4.78, 5) is 32.8. The first kappa shape index (κ1) is 38.3. The summed E-state index contributed by atoms with van der Waals surface area (Å²) in [5, 5.41) is 20.5. The molecule has 0 radical (unpaired) electrons. The van der Waals surface area contributed by atoms with Gasteiger partial charge in [0, 0.05) is 56.0 Å². The number of amides is 1. The molecule has 0 spiro atoms. The maximum Gasteiger partial charge on any atom is 0.490 e. The number of hydrogen-bond acceptors (Lipinski definition) is 8. The molecule has 18 heteroatoms. The van der Waals surface area contributed by atoms with Gasteiger partial charge in [-0.15, -0.1) is 0 Å². The van der Waals surface area contributed by atoms with Crippen LogP contribution in [-0.4, -0.2) is 85.4 Å². The minimum atomic E-state index is -5.08. The van der Waals surface area contributed by atoms with Crippen molar-refractivity contribution in [2.24, 2.45) is 0 Å². The summed E-state index contributed by atoms with van der Waals surface area (Å²) in [5.41, 5.74) is 3.56. The van der Waals surface area contributed by atoms with Gasteiger partial charge in [0.1, 0.15) is 11.6 Å². The molecule has 3 aromatic rings. The molecule has 0 bridgehead atoms. The second-order valence-electron chi connectivity index (χ2n) is 10.2. The monoisotopic (exact) mass is 705 g/mol. The highest BCUT2D eigenvalue weighted by atomic mass is 19.4. The lowest BCUT2D eigenvalue weighted by molar-refractivity contribution is -0.193. The van der Waals surface area contributed by atoms with Crippen molar-refractivity contribution < 1.29 is 69.5 Å². The molecule has 0 aliphatic carbocycles. The fraction of sp³-hybridized carbons (Fsp3) is 0.323. The van der Waals surface area contributed by atoms with Crippen LogP contribution in [0.15, 0.2) is 54.6 Å². The summed E-state index contributed by atoms with van der Waals surface area (Å²) in [6, 6.07) is 15.7. The fourth-order valence-electron chi connectivity index (χ4n) is 4.41. The van der Waals surface area contributed by atoms with Gasteiger partial charge in [0.15, 0.2) is 11.5 Å². The van der Waals surface area contributed by atoms with Crippen LogP contribution in [0.25, 0.3) is 11.1 Å². The van der Waals surface area contributed by atoms with E-state index in [2.05, 4.69) is 15.5 Å². The second-order valence-corrected chi connectivity index (χ2v) is 10.2. The number of nitrogens with one attached hydrogen (secondary N) is 2. The SMILES string of the molecule is COc1ccc(-c2cc(CNC(=O)c3ccc4c(c3)OCO4)ccc2F)cc1CN1CCNCC1.O=C(O)C(F)(F)F.O=C(O)C(F)(F)F. The maximum atomic E-state index is 14.9. The van der Waals surface area contributed by atoms with Crippen molar-refractivity contribution in [3.8, 4) is 28.4 Å². The minimum Gasteiger partial charge on any atom is -0.496 e. The van der Waals surface area contributed by atoms with E-state index in [-0.39, 0.29) is 25.1 Å². The Bertz CT molecular complexity index is 1600. The number of methoxy groups -OCH3 is 1. The van der Waals surface area contributed by atoms with Crippen molar-refractivity contribution in [3.05, 3.63) is 77.1 Å². The van der Waals surface area contributed by atoms with E-state index in [9.17, 15) is 35.5 Å². The van der Waals surface area contributed by atoms with Crippen LogP contribution in [0.5, 0.6) is 17.2 Å². The van der Waals surface area contributed by atoms with Crippen molar-refractivity contribution in [1.29, 1.82) is 0 Å². The Morgan fingerprint density at radius 1 is 0.878 bits per heavy atom. The molecule has 1 amide bonds. The Kier molecular flexibility index (Phi) is 13.2. The molecule has 4 N–H and O–H groups in total. The van der Waals surface area contributed by atoms with Gasteiger partial charge in [-0.25, -0.2) is 14.0 Å². The van der Waals surface area contributed by atoms with Crippen LogP contribution in [0.2, 0.25) is 0 Å². The molecule has 3 aromatic carbocycles. The van der Waals surface area contributed by atoms with Crippen LogP contribution in [-0.2, 0) is 22.7 Å². The van der Waals surface area contributed by atoms with Gasteiger partial charge in [-0.3, -0.25) is 9.69 Å². The van der Waals surface area contributed by atoms with Gasteiger partial charge >= 0.3 is 24.3 Å². The summed E-state index contributed by atoms with van der Waals surface area (Å²) in [7, 11) is 1.65. The van der Waals surface area contributed by atoms with E-state index >= 15 is 0 Å². The standard InChI is InChI=1S/C27H28FN3O4.2C2HF3O2/c1-33-24-6-3-19(13-21(24)16-31-10-8-29-9-11-31)22-12-18(2-5-23(22)28)15-30-27(32)20-4-7-25-26(14-20)35-17-34-25;2*3-2(4,5)1(6)7/h2-7,12-14,29H,8-11,15-17H2,1H3,(H,30,32);2*(H,6,7). The van der Waals surface area contributed by atoms with Crippen LogP contribution in [0, 0.1) is 5.82 Å². The summed E-state index contributed by atoms with van der Waals surface area (Å²) in [6.07, 6.45) is -10.2. The molecular weight excluding hydrogens is 675 g/mol. The zero-order chi connectivity index (χ0) is 36.4. The van der Waals surface area contributed by atoms with E-state index in [1.54, 1.807) is 37.4 Å². The molecule has 266 valence electrons. The molecule has 11 nitrogen and oxygen atoms in total. The number of ether oxygens (including phenoxy) is 3. The van der Waals surface area contributed by atoms with Crippen molar-refractivity contribution >= 4 is 17.8 Å². The molecule has 2 heterocycles. The van der Waals surface area contributed by atoms with Crippen molar-refractivity contribution in [2.45, 2.75) is 25.4 Å². The van der Waals surface area contributed by atoms with E-state index < -0.39 is 24.3 Å². The van der Waals surface area contributed by atoms with Crippen LogP contribution in [0.4, 0.5) is 30.7 Å². The number of piperazine rings is 1. The lowest BCUT2D eigenvalue weighted by Crippen LogP contribution is -2.42. The van der Waals surface area contributed by atoms with Gasteiger partial charge in [-0.1, -0.05) is 12.1 Å². The summed E-state index contributed by atoms with van der Waals surface area (Å²) >= 11 is 0. The van der Waals surface area contributed by atoms with Gasteiger partial charge in [-0.2, -0.15) is 26.3 Å². The second kappa shape index (κ2) is 16.8. The lowest BCUT2D eigenvalue weighted by atomic mass is 9.99. The maximum absolute atomic E-state index is 14.9. The van der Waals surface area contributed by atoms with Gasteiger partial charge < -0.3 is 35.1 Å². The highest BCUT2D eigenvalue weighted by molar-refractivity contribution is 5.95. The summed E-state index contributed by atoms with van der Waals surface area (Å²) in [6.45, 7) is 4.99. The van der Waals surface area contributed by atoms with Gasteiger partial charge in [0.25, 0.3) is 5.91 Å². The number of carbonyl (C=O) groups excluding carboxylic acids is 1. The molecule has 2 aliphatic heterocycles. The van der Waals surface area contributed by atoms with Crippen molar-refractivity contribution in [1.82, 2.24) is 15.5 Å². The highest BCUT2D eigenvalue weighted by Crippen LogP contribution is 2.33. The number of carboxylic acid groups (broad SMARTS) is 2. The molecule has 0 unspecified atom stereocenters. The number of alkyl halides is 6.